The third-order valence-corrected chi connectivity index (χ3v) is 4.30. The Kier molecular flexibility index (Phi) is 4.53. The maximum Gasteiger partial charge on any atom is 0.220 e. The molecule has 0 aliphatic carbocycles. The number of rotatable bonds is 5. The van der Waals surface area contributed by atoms with Crippen LogP contribution in [-0.2, 0) is 14.6 Å². The van der Waals surface area contributed by atoms with E-state index in [2.05, 4.69) is 19.2 Å². The van der Waals surface area contributed by atoms with Gasteiger partial charge in [-0.3, -0.25) is 4.79 Å². The maximum atomic E-state index is 11.6. The summed E-state index contributed by atoms with van der Waals surface area (Å²) in [6.45, 7) is 4.11. The molecular formula is C11H19NO3S. The van der Waals surface area contributed by atoms with Gasteiger partial charge in [-0.2, -0.15) is 0 Å². The Labute approximate surface area is 97.0 Å². The normalized spacial score (nSPS) is 22.6. The summed E-state index contributed by atoms with van der Waals surface area (Å²) in [5, 5.41) is 3.90. The van der Waals surface area contributed by atoms with Crippen molar-refractivity contribution in [3.63, 3.8) is 0 Å². The van der Waals surface area contributed by atoms with Crippen LogP contribution in [0.3, 0.4) is 0 Å². The molecule has 0 aromatic rings. The van der Waals surface area contributed by atoms with E-state index in [1.807, 2.05) is 0 Å². The van der Waals surface area contributed by atoms with Crippen molar-refractivity contribution in [2.45, 2.75) is 39.2 Å². The number of sulfone groups is 1. The zero-order chi connectivity index (χ0) is 12.2. The fourth-order valence-electron chi connectivity index (χ4n) is 1.77. The monoisotopic (exact) mass is 245 g/mol. The van der Waals surface area contributed by atoms with Crippen LogP contribution < -0.4 is 5.32 Å². The second kappa shape index (κ2) is 5.48. The van der Waals surface area contributed by atoms with Crippen LogP contribution in [0.15, 0.2) is 11.5 Å². The number of amides is 1. The molecule has 0 fully saturated rings. The van der Waals surface area contributed by atoms with Gasteiger partial charge in [0.2, 0.25) is 5.91 Å². The Balaban J connectivity index is 2.39. The summed E-state index contributed by atoms with van der Waals surface area (Å²) in [4.78, 5) is 11.6. The Hall–Kier alpha value is -0.840. The van der Waals surface area contributed by atoms with E-state index in [0.717, 1.165) is 12.8 Å². The SMILES string of the molecule is CCC(CC)CC(=O)N[C@@H]1C=CS(=O)(=O)C1. The molecule has 0 aromatic heterocycles. The lowest BCUT2D eigenvalue weighted by molar-refractivity contribution is -0.122. The van der Waals surface area contributed by atoms with Gasteiger partial charge in [-0.25, -0.2) is 8.42 Å². The Morgan fingerprint density at radius 1 is 1.44 bits per heavy atom. The van der Waals surface area contributed by atoms with Crippen LogP contribution in [0.5, 0.6) is 0 Å². The molecule has 0 bridgehead atoms. The van der Waals surface area contributed by atoms with Crippen LogP contribution in [0.2, 0.25) is 0 Å². The average molecular weight is 245 g/mol. The summed E-state index contributed by atoms with van der Waals surface area (Å²) in [5.74, 6) is 0.337. The Morgan fingerprint density at radius 2 is 2.06 bits per heavy atom. The van der Waals surface area contributed by atoms with Crippen molar-refractivity contribution in [3.05, 3.63) is 11.5 Å². The predicted molar refractivity (Wildman–Crippen MR) is 63.5 cm³/mol. The quantitative estimate of drug-likeness (QED) is 0.792. The molecule has 0 aromatic carbocycles. The van der Waals surface area contributed by atoms with Gasteiger partial charge in [-0.05, 0) is 12.0 Å². The van der Waals surface area contributed by atoms with E-state index in [4.69, 9.17) is 0 Å². The van der Waals surface area contributed by atoms with Gasteiger partial charge in [0, 0.05) is 11.8 Å². The van der Waals surface area contributed by atoms with Crippen molar-refractivity contribution < 1.29 is 13.2 Å². The molecule has 1 aliphatic rings. The van der Waals surface area contributed by atoms with E-state index >= 15 is 0 Å². The minimum Gasteiger partial charge on any atom is -0.349 e. The molecule has 92 valence electrons. The molecule has 1 aliphatic heterocycles. The first-order valence-electron chi connectivity index (χ1n) is 5.67. The largest absolute Gasteiger partial charge is 0.349 e. The highest BCUT2D eigenvalue weighted by atomic mass is 32.2. The Morgan fingerprint density at radius 3 is 2.50 bits per heavy atom. The second-order valence-electron chi connectivity index (χ2n) is 4.22. The van der Waals surface area contributed by atoms with Crippen molar-refractivity contribution >= 4 is 15.7 Å². The number of hydrogen-bond donors (Lipinski definition) is 1. The zero-order valence-electron chi connectivity index (χ0n) is 9.77. The molecule has 1 N–H and O–H groups in total. The average Bonchev–Trinajstić information content (AvgIpc) is 2.54. The first-order chi connectivity index (χ1) is 7.46. The van der Waals surface area contributed by atoms with E-state index in [1.54, 1.807) is 6.08 Å². The lowest BCUT2D eigenvalue weighted by Crippen LogP contribution is -2.36. The molecule has 1 amide bonds. The summed E-state index contributed by atoms with van der Waals surface area (Å²) < 4.78 is 22.2. The number of hydrogen-bond acceptors (Lipinski definition) is 3. The second-order valence-corrected chi connectivity index (χ2v) is 6.15. The van der Waals surface area contributed by atoms with E-state index in [0.29, 0.717) is 12.3 Å². The lowest BCUT2D eigenvalue weighted by Gasteiger charge is -2.14. The number of nitrogens with one attached hydrogen (secondary N) is 1. The summed E-state index contributed by atoms with van der Waals surface area (Å²) in [6.07, 6.45) is 3.98. The van der Waals surface area contributed by atoms with Crippen LogP contribution in [0.25, 0.3) is 0 Å². The molecule has 1 heterocycles. The first kappa shape index (κ1) is 13.2. The maximum absolute atomic E-state index is 11.6. The predicted octanol–water partition coefficient (Wildman–Crippen LogP) is 1.24. The molecule has 16 heavy (non-hydrogen) atoms. The molecule has 1 rings (SSSR count). The molecule has 0 saturated heterocycles. The third kappa shape index (κ3) is 3.96. The van der Waals surface area contributed by atoms with Crippen LogP contribution in [-0.4, -0.2) is 26.1 Å². The van der Waals surface area contributed by atoms with Crippen LogP contribution in [0.1, 0.15) is 33.1 Å². The van der Waals surface area contributed by atoms with Crippen LogP contribution in [0.4, 0.5) is 0 Å². The van der Waals surface area contributed by atoms with Crippen LogP contribution in [0, 0.1) is 5.92 Å². The number of carbonyl (C=O) groups excluding carboxylic acids is 1. The molecular weight excluding hydrogens is 226 g/mol. The molecule has 0 radical (unpaired) electrons. The summed E-state index contributed by atoms with van der Waals surface area (Å²) in [7, 11) is -3.08. The first-order valence-corrected chi connectivity index (χ1v) is 7.38. The summed E-state index contributed by atoms with van der Waals surface area (Å²) in [5.41, 5.74) is 0. The van der Waals surface area contributed by atoms with E-state index < -0.39 is 9.84 Å². The fraction of sp³-hybridized carbons (Fsp3) is 0.727. The molecule has 0 saturated carbocycles. The molecule has 0 spiro atoms. The topological polar surface area (TPSA) is 63.2 Å². The van der Waals surface area contributed by atoms with Crippen molar-refractivity contribution in [1.29, 1.82) is 0 Å². The van der Waals surface area contributed by atoms with Crippen molar-refractivity contribution in [2.75, 3.05) is 5.75 Å². The summed E-state index contributed by atoms with van der Waals surface area (Å²) >= 11 is 0. The molecule has 5 heteroatoms. The standard InChI is InChI=1S/C11H19NO3S/c1-3-9(4-2)7-11(13)12-10-5-6-16(14,15)8-10/h5-6,9-10H,3-4,7-8H2,1-2H3,(H,12,13)/t10-/m1/s1. The Bertz CT molecular complexity index is 369. The minimum atomic E-state index is -3.08. The van der Waals surface area contributed by atoms with Gasteiger partial charge in [-0.1, -0.05) is 26.7 Å². The number of carbonyl (C=O) groups is 1. The van der Waals surface area contributed by atoms with E-state index in [-0.39, 0.29) is 17.7 Å². The van der Waals surface area contributed by atoms with Gasteiger partial charge in [0.1, 0.15) is 0 Å². The highest BCUT2D eigenvalue weighted by Gasteiger charge is 2.23. The highest BCUT2D eigenvalue weighted by Crippen LogP contribution is 2.13. The van der Waals surface area contributed by atoms with Gasteiger partial charge >= 0.3 is 0 Å². The van der Waals surface area contributed by atoms with Crippen LogP contribution >= 0.6 is 0 Å². The fourth-order valence-corrected chi connectivity index (χ4v) is 3.01. The van der Waals surface area contributed by atoms with Crippen molar-refractivity contribution in [1.82, 2.24) is 5.32 Å². The van der Waals surface area contributed by atoms with E-state index in [1.165, 1.54) is 5.41 Å². The minimum absolute atomic E-state index is 0.00164. The van der Waals surface area contributed by atoms with Gasteiger partial charge < -0.3 is 5.32 Å². The van der Waals surface area contributed by atoms with Gasteiger partial charge in [0.05, 0.1) is 11.8 Å². The summed E-state index contributed by atoms with van der Waals surface area (Å²) in [6, 6.07) is -0.341. The highest BCUT2D eigenvalue weighted by molar-refractivity contribution is 7.94. The van der Waals surface area contributed by atoms with Gasteiger partial charge in [0.25, 0.3) is 0 Å². The zero-order valence-corrected chi connectivity index (χ0v) is 10.6. The molecule has 1 atom stereocenters. The molecule has 0 unspecified atom stereocenters. The van der Waals surface area contributed by atoms with E-state index in [9.17, 15) is 13.2 Å². The van der Waals surface area contributed by atoms with Gasteiger partial charge in [-0.15, -0.1) is 0 Å². The van der Waals surface area contributed by atoms with Crippen molar-refractivity contribution in [3.8, 4) is 0 Å². The smallest absolute Gasteiger partial charge is 0.220 e. The molecule has 4 nitrogen and oxygen atoms in total. The lowest BCUT2D eigenvalue weighted by atomic mass is 9.99. The van der Waals surface area contributed by atoms with Gasteiger partial charge in [0.15, 0.2) is 9.84 Å². The van der Waals surface area contributed by atoms with Crippen molar-refractivity contribution in [2.24, 2.45) is 5.92 Å². The third-order valence-electron chi connectivity index (χ3n) is 2.91.